The molecule has 0 spiro atoms. The lowest BCUT2D eigenvalue weighted by molar-refractivity contribution is -0.137. The van der Waals surface area contributed by atoms with E-state index in [0.29, 0.717) is 22.8 Å². The van der Waals surface area contributed by atoms with Crippen LogP contribution < -0.4 is 4.90 Å². The minimum absolute atomic E-state index is 0.0933. The van der Waals surface area contributed by atoms with Gasteiger partial charge in [-0.3, -0.25) is 4.79 Å². The minimum Gasteiger partial charge on any atom is -0.339 e. The Labute approximate surface area is 169 Å². The van der Waals surface area contributed by atoms with E-state index in [1.165, 1.54) is 12.1 Å². The van der Waals surface area contributed by atoms with Crippen molar-refractivity contribution in [1.82, 2.24) is 10.1 Å². The number of aromatic nitrogens is 2. The Bertz CT molecular complexity index is 1060. The number of nitrogens with zero attached hydrogens (tertiary/aromatic N) is 3. The molecule has 1 atom stereocenters. The van der Waals surface area contributed by atoms with E-state index in [9.17, 15) is 18.0 Å². The molecule has 2 aromatic carbocycles. The second-order valence-corrected chi connectivity index (χ2v) is 7.28. The molecule has 1 aliphatic rings. The van der Waals surface area contributed by atoms with Crippen LogP contribution in [-0.2, 0) is 11.0 Å². The summed E-state index contributed by atoms with van der Waals surface area (Å²) in [5.74, 6) is 0.0504. The van der Waals surface area contributed by atoms with Gasteiger partial charge in [0.1, 0.15) is 0 Å². The first kappa shape index (κ1) is 19.4. The van der Waals surface area contributed by atoms with Gasteiger partial charge in [-0.2, -0.15) is 18.2 Å². The fraction of sp³-hybridized carbons (Fsp3) is 0.250. The molecule has 0 bridgehead atoms. The molecular weight excluding hydrogens is 407 g/mol. The van der Waals surface area contributed by atoms with Gasteiger partial charge in [-0.25, -0.2) is 0 Å². The summed E-state index contributed by atoms with van der Waals surface area (Å²) in [4.78, 5) is 18.3. The minimum atomic E-state index is -4.41. The van der Waals surface area contributed by atoms with Crippen LogP contribution in [0.5, 0.6) is 0 Å². The molecule has 5 nitrogen and oxygen atoms in total. The number of halogens is 4. The van der Waals surface area contributed by atoms with E-state index in [-0.39, 0.29) is 30.0 Å². The van der Waals surface area contributed by atoms with E-state index in [1.54, 1.807) is 11.0 Å². The van der Waals surface area contributed by atoms with Crippen LogP contribution >= 0.6 is 11.6 Å². The van der Waals surface area contributed by atoms with Gasteiger partial charge in [0.2, 0.25) is 17.6 Å². The largest absolute Gasteiger partial charge is 0.416 e. The highest BCUT2D eigenvalue weighted by atomic mass is 35.5. The SMILES string of the molecule is Cc1ccc(N2CC(c3nc(-c4ccc(C(F)(F)F)cc4)no3)CC2=O)cc1Cl. The van der Waals surface area contributed by atoms with Crippen LogP contribution in [0.2, 0.25) is 5.02 Å². The Morgan fingerprint density at radius 2 is 1.90 bits per heavy atom. The average molecular weight is 422 g/mol. The van der Waals surface area contributed by atoms with Crippen LogP contribution in [-0.4, -0.2) is 22.6 Å². The van der Waals surface area contributed by atoms with Crippen molar-refractivity contribution in [2.75, 3.05) is 11.4 Å². The summed E-state index contributed by atoms with van der Waals surface area (Å²) in [6.45, 7) is 2.23. The topological polar surface area (TPSA) is 59.2 Å². The number of rotatable bonds is 3. The zero-order valence-corrected chi connectivity index (χ0v) is 16.0. The van der Waals surface area contributed by atoms with Crippen molar-refractivity contribution in [1.29, 1.82) is 0 Å². The number of amides is 1. The number of benzene rings is 2. The van der Waals surface area contributed by atoms with E-state index >= 15 is 0 Å². The molecule has 0 saturated carbocycles. The zero-order chi connectivity index (χ0) is 20.8. The average Bonchev–Trinajstić information content (AvgIpc) is 3.30. The lowest BCUT2D eigenvalue weighted by Crippen LogP contribution is -2.24. The van der Waals surface area contributed by atoms with Crippen LogP contribution in [0.15, 0.2) is 47.0 Å². The normalized spacial score (nSPS) is 17.2. The predicted octanol–water partition coefficient (Wildman–Crippen LogP) is 5.24. The Morgan fingerprint density at radius 3 is 2.55 bits per heavy atom. The van der Waals surface area contributed by atoms with Crippen molar-refractivity contribution in [2.45, 2.75) is 25.4 Å². The second kappa shape index (κ2) is 7.18. The number of alkyl halides is 3. The molecule has 1 amide bonds. The first-order valence-corrected chi connectivity index (χ1v) is 9.18. The van der Waals surface area contributed by atoms with Crippen molar-refractivity contribution < 1.29 is 22.5 Å². The lowest BCUT2D eigenvalue weighted by atomic mass is 10.1. The highest BCUT2D eigenvalue weighted by Crippen LogP contribution is 2.34. The monoisotopic (exact) mass is 421 g/mol. The summed E-state index contributed by atoms with van der Waals surface area (Å²) in [5, 5.41) is 4.42. The van der Waals surface area contributed by atoms with Gasteiger partial charge < -0.3 is 9.42 Å². The maximum Gasteiger partial charge on any atom is 0.416 e. The second-order valence-electron chi connectivity index (χ2n) is 6.87. The van der Waals surface area contributed by atoms with Crippen molar-refractivity contribution in [3.8, 4) is 11.4 Å². The van der Waals surface area contributed by atoms with Crippen LogP contribution in [0.4, 0.5) is 18.9 Å². The molecule has 4 rings (SSSR count). The van der Waals surface area contributed by atoms with Crippen LogP contribution in [0.1, 0.15) is 29.4 Å². The van der Waals surface area contributed by atoms with Crippen LogP contribution in [0, 0.1) is 6.92 Å². The first-order chi connectivity index (χ1) is 13.7. The molecule has 0 aliphatic carbocycles. The molecule has 150 valence electrons. The molecule has 0 radical (unpaired) electrons. The van der Waals surface area contributed by atoms with Gasteiger partial charge in [0.15, 0.2) is 0 Å². The fourth-order valence-electron chi connectivity index (χ4n) is 3.20. The Hall–Kier alpha value is -2.87. The zero-order valence-electron chi connectivity index (χ0n) is 15.2. The molecule has 9 heteroatoms. The number of carbonyl (C=O) groups is 1. The number of anilines is 1. The van der Waals surface area contributed by atoms with Crippen LogP contribution in [0.25, 0.3) is 11.4 Å². The molecule has 29 heavy (non-hydrogen) atoms. The summed E-state index contributed by atoms with van der Waals surface area (Å²) in [7, 11) is 0. The van der Waals surface area contributed by atoms with Crippen molar-refractivity contribution in [3.63, 3.8) is 0 Å². The number of hydrogen-bond acceptors (Lipinski definition) is 4. The van der Waals surface area contributed by atoms with Gasteiger partial charge >= 0.3 is 6.18 Å². The summed E-state index contributed by atoms with van der Waals surface area (Å²) in [5.41, 5.74) is 1.26. The molecule has 1 aromatic heterocycles. The van der Waals surface area contributed by atoms with E-state index in [4.69, 9.17) is 16.1 Å². The number of aryl methyl sites for hydroxylation is 1. The quantitative estimate of drug-likeness (QED) is 0.580. The Kier molecular flexibility index (Phi) is 4.82. The fourth-order valence-corrected chi connectivity index (χ4v) is 3.37. The van der Waals surface area contributed by atoms with Crippen molar-refractivity contribution >= 4 is 23.2 Å². The Morgan fingerprint density at radius 1 is 1.17 bits per heavy atom. The van der Waals surface area contributed by atoms with Gasteiger partial charge in [0.25, 0.3) is 0 Å². The van der Waals surface area contributed by atoms with Crippen molar-refractivity contribution in [2.24, 2.45) is 0 Å². The summed E-state index contributed by atoms with van der Waals surface area (Å²) in [6, 6.07) is 9.91. The first-order valence-electron chi connectivity index (χ1n) is 8.80. The molecule has 1 fully saturated rings. The van der Waals surface area contributed by atoms with Crippen molar-refractivity contribution in [3.05, 3.63) is 64.5 Å². The summed E-state index contributed by atoms with van der Waals surface area (Å²) in [6.07, 6.45) is -4.21. The van der Waals surface area contributed by atoms with Gasteiger partial charge in [0, 0.05) is 29.2 Å². The maximum absolute atomic E-state index is 12.7. The third-order valence-electron chi connectivity index (χ3n) is 4.85. The lowest BCUT2D eigenvalue weighted by Gasteiger charge is -2.17. The number of carbonyl (C=O) groups excluding carboxylic acids is 1. The number of hydrogen-bond donors (Lipinski definition) is 0. The molecular formula is C20H15ClF3N3O2. The standard InChI is InChI=1S/C20H15ClF3N3O2/c1-11-2-7-15(9-16(11)21)27-10-13(8-17(27)28)19-25-18(26-29-19)12-3-5-14(6-4-12)20(22,23)24/h2-7,9,13H,8,10H2,1H3. The van der Waals surface area contributed by atoms with Crippen LogP contribution in [0.3, 0.4) is 0 Å². The third-order valence-corrected chi connectivity index (χ3v) is 5.26. The van der Waals surface area contributed by atoms with Gasteiger partial charge in [-0.15, -0.1) is 0 Å². The Balaban J connectivity index is 1.52. The highest BCUT2D eigenvalue weighted by Gasteiger charge is 2.35. The van der Waals surface area contributed by atoms with E-state index in [2.05, 4.69) is 10.1 Å². The third kappa shape index (κ3) is 3.85. The molecule has 1 aliphatic heterocycles. The molecule has 0 N–H and O–H groups in total. The maximum atomic E-state index is 12.7. The van der Waals surface area contributed by atoms with Gasteiger partial charge in [-0.1, -0.05) is 35.0 Å². The van der Waals surface area contributed by atoms with E-state index in [1.807, 2.05) is 19.1 Å². The molecule has 3 aromatic rings. The van der Waals surface area contributed by atoms with E-state index < -0.39 is 11.7 Å². The highest BCUT2D eigenvalue weighted by molar-refractivity contribution is 6.31. The molecule has 2 heterocycles. The molecule has 1 unspecified atom stereocenters. The predicted molar refractivity (Wildman–Crippen MR) is 101 cm³/mol. The van der Waals surface area contributed by atoms with Gasteiger partial charge in [-0.05, 0) is 36.8 Å². The van der Waals surface area contributed by atoms with E-state index in [0.717, 1.165) is 17.7 Å². The van der Waals surface area contributed by atoms with Gasteiger partial charge in [0.05, 0.1) is 11.5 Å². The summed E-state index contributed by atoms with van der Waals surface area (Å²) >= 11 is 6.15. The smallest absolute Gasteiger partial charge is 0.339 e. The summed E-state index contributed by atoms with van der Waals surface area (Å²) < 4.78 is 43.4. The molecule has 1 saturated heterocycles.